The van der Waals surface area contributed by atoms with Crippen molar-refractivity contribution in [1.82, 2.24) is 0 Å². The number of allylic oxidation sites excluding steroid dienone is 4. The summed E-state index contributed by atoms with van der Waals surface area (Å²) in [6, 6.07) is 19.3. The van der Waals surface area contributed by atoms with E-state index in [1.165, 1.54) is 24.8 Å². The molecule has 25 heavy (non-hydrogen) atoms. The molecular formula is C21H20F3Zr-5. The Morgan fingerprint density at radius 3 is 1.64 bits per heavy atom. The van der Waals surface area contributed by atoms with Gasteiger partial charge in [-0.2, -0.15) is 6.08 Å². The fourth-order valence-electron chi connectivity index (χ4n) is 2.24. The zero-order valence-corrected chi connectivity index (χ0v) is 16.7. The molecule has 0 saturated carbocycles. The Hall–Kier alpha value is -1.67. The van der Waals surface area contributed by atoms with Crippen LogP contribution in [0.15, 0.2) is 72.8 Å². The van der Waals surface area contributed by atoms with Crippen LogP contribution >= 0.6 is 0 Å². The second-order valence-corrected chi connectivity index (χ2v) is 7.78. The molecule has 0 bridgehead atoms. The van der Waals surface area contributed by atoms with E-state index < -0.39 is 0 Å². The molecule has 0 unspecified atom stereocenters. The van der Waals surface area contributed by atoms with E-state index in [2.05, 4.69) is 80.6 Å². The number of hydrogen-bond acceptors (Lipinski definition) is 0. The molecule has 1 aliphatic carbocycles. The minimum absolute atomic E-state index is 0. The molecule has 0 spiro atoms. The third-order valence-electron chi connectivity index (χ3n) is 3.11. The topological polar surface area (TPSA) is 0 Å². The predicted octanol–water partition coefficient (Wildman–Crippen LogP) is -3.23. The first-order valence-electron chi connectivity index (χ1n) is 7.45. The van der Waals surface area contributed by atoms with Crippen molar-refractivity contribution in [3.05, 3.63) is 78.9 Å². The second kappa shape index (κ2) is 13.6. The normalized spacial score (nSPS) is 10.3. The van der Waals surface area contributed by atoms with Crippen molar-refractivity contribution < 1.29 is 38.3 Å². The average molecular weight is 421 g/mol. The molecule has 1 aliphatic rings. The third kappa shape index (κ3) is 8.31. The van der Waals surface area contributed by atoms with Gasteiger partial charge in [-0.15, -0.1) is 46.2 Å². The van der Waals surface area contributed by atoms with Crippen LogP contribution in [0.25, 0.3) is 21.5 Å². The van der Waals surface area contributed by atoms with Crippen LogP contribution in [0, 0.1) is 6.08 Å². The van der Waals surface area contributed by atoms with E-state index in [4.69, 9.17) is 0 Å². The number of rotatable bonds is 0. The molecule has 3 aromatic carbocycles. The Kier molecular flexibility index (Phi) is 13.9. The first kappa shape index (κ1) is 25.6. The van der Waals surface area contributed by atoms with Crippen molar-refractivity contribution in [3.63, 3.8) is 0 Å². The fraction of sp³-hybridized carbons (Fsp3) is 0.143. The Labute approximate surface area is 162 Å². The zero-order valence-electron chi connectivity index (χ0n) is 14.3. The molecule has 0 nitrogen and oxygen atoms in total. The summed E-state index contributed by atoms with van der Waals surface area (Å²) < 4.78 is 1.51. The Bertz CT molecular complexity index is 752. The molecule has 0 saturated heterocycles. The van der Waals surface area contributed by atoms with Crippen molar-refractivity contribution >= 4 is 24.8 Å². The third-order valence-corrected chi connectivity index (χ3v) is 3.11. The van der Waals surface area contributed by atoms with Gasteiger partial charge in [-0.25, -0.2) is 12.2 Å². The van der Waals surface area contributed by atoms with Gasteiger partial charge >= 0.3 is 41.3 Å². The number of benzene rings is 2. The average Bonchev–Trinajstić information content (AvgIpc) is 3.18. The van der Waals surface area contributed by atoms with Crippen molar-refractivity contribution in [3.8, 4) is 0 Å². The summed E-state index contributed by atoms with van der Waals surface area (Å²) in [4.78, 5) is 0. The van der Waals surface area contributed by atoms with Gasteiger partial charge in [-0.1, -0.05) is 36.4 Å². The largest absolute Gasteiger partial charge is 1.00 e. The first-order chi connectivity index (χ1) is 10.7. The Morgan fingerprint density at radius 1 is 0.880 bits per heavy atom. The molecule has 4 rings (SSSR count). The molecule has 0 heterocycles. The summed E-state index contributed by atoms with van der Waals surface area (Å²) in [7, 11) is 0. The van der Waals surface area contributed by atoms with Crippen molar-refractivity contribution in [2.75, 3.05) is 0 Å². The molecule has 0 amide bonds. The molecule has 0 aromatic heterocycles. The Balaban J connectivity index is 0. The summed E-state index contributed by atoms with van der Waals surface area (Å²) in [5, 5.41) is 5.39. The smallest absolute Gasteiger partial charge is 0.0771 e. The van der Waals surface area contributed by atoms with Crippen LogP contribution in [0.5, 0.6) is 0 Å². The quantitative estimate of drug-likeness (QED) is 0.336. The van der Waals surface area contributed by atoms with Crippen LogP contribution in [-0.2, 0) is 24.2 Å². The maximum absolute atomic E-state index is 2.99. The monoisotopic (exact) mass is 419 g/mol. The maximum Gasteiger partial charge on any atom is -0.0771 e. The van der Waals surface area contributed by atoms with E-state index >= 15 is 0 Å². The molecule has 0 fully saturated rings. The fourth-order valence-corrected chi connectivity index (χ4v) is 2.24. The van der Waals surface area contributed by atoms with Crippen LogP contribution in [-0.4, -0.2) is 3.21 Å². The van der Waals surface area contributed by atoms with Crippen LogP contribution in [0.1, 0.15) is 20.3 Å². The van der Waals surface area contributed by atoms with E-state index in [0.717, 1.165) is 6.42 Å². The number of fused-ring (bicyclic) bond motifs is 3. The van der Waals surface area contributed by atoms with E-state index in [9.17, 15) is 0 Å². The van der Waals surface area contributed by atoms with Gasteiger partial charge in [-0.05, 0) is 0 Å². The molecule has 0 N–H and O–H groups in total. The van der Waals surface area contributed by atoms with Gasteiger partial charge in [0.05, 0.1) is 0 Å². The van der Waals surface area contributed by atoms with E-state index in [1.807, 2.05) is 12.2 Å². The summed E-state index contributed by atoms with van der Waals surface area (Å²) >= 11 is 1.55. The molecule has 0 aliphatic heterocycles. The summed E-state index contributed by atoms with van der Waals surface area (Å²) in [5.41, 5.74) is 0. The predicted molar refractivity (Wildman–Crippen MR) is 95.0 cm³/mol. The van der Waals surface area contributed by atoms with E-state index in [1.54, 1.807) is 24.2 Å². The van der Waals surface area contributed by atoms with Gasteiger partial charge < -0.3 is 14.1 Å². The SMILES string of the molecule is C[C](C)=[Zr].[C-]1=CC=CC1.[F-].[F-].[F-].c1ccc2c(c1)[cH-]c1ccccc12. The van der Waals surface area contributed by atoms with Crippen LogP contribution in [0.2, 0.25) is 0 Å². The molecule has 4 heteroatoms. The number of halogens is 3. The van der Waals surface area contributed by atoms with Gasteiger partial charge in [0.15, 0.2) is 0 Å². The molecule has 134 valence electrons. The second-order valence-electron chi connectivity index (χ2n) is 5.32. The van der Waals surface area contributed by atoms with Crippen LogP contribution in [0.3, 0.4) is 0 Å². The standard InChI is InChI=1S/C13H9.C5H5.C3H6.3FH.Zr/c1-3-7-12-10(5-1)9-11-6-2-4-8-13(11)12;1-2-4-5-3-1;1-3-2;;;;/h1-9H;1-3H,4H2;1-2H3;3*1H;/q2*-1;;;;;/p-3. The minimum atomic E-state index is 0. The van der Waals surface area contributed by atoms with Crippen molar-refractivity contribution in [2.45, 2.75) is 20.3 Å². The first-order valence-corrected chi connectivity index (χ1v) is 8.68. The molecular weight excluding hydrogens is 400 g/mol. The van der Waals surface area contributed by atoms with Gasteiger partial charge in [0.2, 0.25) is 0 Å². The molecule has 3 aromatic rings. The van der Waals surface area contributed by atoms with Gasteiger partial charge in [0.25, 0.3) is 0 Å². The Morgan fingerprint density at radius 2 is 1.32 bits per heavy atom. The maximum atomic E-state index is 2.99. The summed E-state index contributed by atoms with van der Waals surface area (Å²) in [6.07, 6.45) is 10.0. The summed E-state index contributed by atoms with van der Waals surface area (Å²) in [6.45, 7) is 4.25. The van der Waals surface area contributed by atoms with Gasteiger partial charge in [0, 0.05) is 0 Å². The molecule has 0 radical (unpaired) electrons. The zero-order chi connectivity index (χ0) is 15.8. The van der Waals surface area contributed by atoms with Crippen LogP contribution in [0.4, 0.5) is 0 Å². The summed E-state index contributed by atoms with van der Waals surface area (Å²) in [5.74, 6) is 0. The van der Waals surface area contributed by atoms with Gasteiger partial charge in [0.1, 0.15) is 0 Å². The van der Waals surface area contributed by atoms with E-state index in [0.29, 0.717) is 0 Å². The van der Waals surface area contributed by atoms with Crippen LogP contribution < -0.4 is 14.1 Å². The van der Waals surface area contributed by atoms with E-state index in [-0.39, 0.29) is 14.1 Å². The van der Waals surface area contributed by atoms with Crippen molar-refractivity contribution in [1.29, 1.82) is 0 Å². The number of hydrogen-bond donors (Lipinski definition) is 0. The minimum Gasteiger partial charge on any atom is -1.00 e. The van der Waals surface area contributed by atoms with Crippen molar-refractivity contribution in [2.24, 2.45) is 0 Å². The van der Waals surface area contributed by atoms with Gasteiger partial charge in [-0.3, -0.25) is 6.08 Å². The molecule has 0 atom stereocenters.